The van der Waals surface area contributed by atoms with Gasteiger partial charge in [0.05, 0.1) is 15.5 Å². The van der Waals surface area contributed by atoms with Crippen LogP contribution in [0.15, 0.2) is 88.7 Å². The van der Waals surface area contributed by atoms with E-state index in [-0.39, 0.29) is 22.2 Å². The van der Waals surface area contributed by atoms with Crippen LogP contribution in [0, 0.1) is 0 Å². The fourth-order valence-electron chi connectivity index (χ4n) is 4.12. The van der Waals surface area contributed by atoms with Crippen LogP contribution in [0.4, 0.5) is 0 Å². The molecule has 0 radical (unpaired) electrons. The molecule has 0 aliphatic carbocycles. The Labute approximate surface area is 196 Å². The van der Waals surface area contributed by atoms with Crippen LogP contribution in [-0.4, -0.2) is 34.0 Å². The van der Waals surface area contributed by atoms with Crippen molar-refractivity contribution in [3.63, 3.8) is 0 Å². The standard InChI is InChI=1S/C24H25NO4S2.ClH/c1-2-25(16-19-10-5-3-6-11-19)17-20-12-9-15-22-24(20)23(18-30(22,26)27)31(28,29)21-13-7-4-8-14-21;/h3-15,23H,2,16-18H2,1H3;1H. The smallest absolute Gasteiger partial charge is 0.186 e. The summed E-state index contributed by atoms with van der Waals surface area (Å²) in [6, 6.07) is 23.2. The van der Waals surface area contributed by atoms with Crippen molar-refractivity contribution in [2.75, 3.05) is 12.3 Å². The molecule has 3 aromatic carbocycles. The fraction of sp³-hybridized carbons (Fsp3) is 0.250. The first-order valence-electron chi connectivity index (χ1n) is 10.2. The maximum Gasteiger partial charge on any atom is 0.186 e. The van der Waals surface area contributed by atoms with Gasteiger partial charge in [-0.15, -0.1) is 12.4 Å². The molecule has 0 amide bonds. The van der Waals surface area contributed by atoms with Crippen LogP contribution in [0.3, 0.4) is 0 Å². The highest BCUT2D eigenvalue weighted by Gasteiger charge is 2.44. The summed E-state index contributed by atoms with van der Waals surface area (Å²) in [5, 5.41) is -1.10. The molecule has 0 saturated carbocycles. The van der Waals surface area contributed by atoms with Crippen LogP contribution in [0.2, 0.25) is 0 Å². The molecule has 0 aromatic heterocycles. The van der Waals surface area contributed by atoms with Crippen molar-refractivity contribution in [3.8, 4) is 0 Å². The lowest BCUT2D eigenvalue weighted by molar-refractivity contribution is 0.270. The van der Waals surface area contributed by atoms with Gasteiger partial charge >= 0.3 is 0 Å². The van der Waals surface area contributed by atoms with E-state index in [0.717, 1.165) is 17.7 Å². The van der Waals surface area contributed by atoms with E-state index < -0.39 is 30.7 Å². The molecule has 32 heavy (non-hydrogen) atoms. The van der Waals surface area contributed by atoms with Gasteiger partial charge in [0.2, 0.25) is 0 Å². The number of hydrogen-bond donors (Lipinski definition) is 0. The predicted octanol–water partition coefficient (Wildman–Crippen LogP) is 4.43. The minimum Gasteiger partial charge on any atom is -0.295 e. The number of hydrogen-bond acceptors (Lipinski definition) is 5. The third kappa shape index (κ3) is 4.76. The number of halogens is 1. The number of fused-ring (bicyclic) bond motifs is 1. The molecule has 1 heterocycles. The summed E-state index contributed by atoms with van der Waals surface area (Å²) in [7, 11) is -7.51. The zero-order valence-corrected chi connectivity index (χ0v) is 20.2. The Morgan fingerprint density at radius 2 is 1.50 bits per heavy atom. The van der Waals surface area contributed by atoms with Gasteiger partial charge in [-0.1, -0.05) is 67.6 Å². The molecular weight excluding hydrogens is 466 g/mol. The second-order valence-electron chi connectivity index (χ2n) is 7.75. The van der Waals surface area contributed by atoms with E-state index in [1.807, 2.05) is 43.3 Å². The van der Waals surface area contributed by atoms with Crippen LogP contribution in [0.5, 0.6) is 0 Å². The van der Waals surface area contributed by atoms with Gasteiger partial charge in [-0.2, -0.15) is 0 Å². The van der Waals surface area contributed by atoms with Crippen LogP contribution >= 0.6 is 12.4 Å². The zero-order valence-electron chi connectivity index (χ0n) is 17.7. The minimum atomic E-state index is -3.84. The van der Waals surface area contributed by atoms with Gasteiger partial charge in [-0.05, 0) is 41.4 Å². The number of rotatable bonds is 7. The van der Waals surface area contributed by atoms with Gasteiger partial charge < -0.3 is 0 Å². The van der Waals surface area contributed by atoms with Crippen molar-refractivity contribution in [2.24, 2.45) is 0 Å². The van der Waals surface area contributed by atoms with E-state index in [9.17, 15) is 16.8 Å². The summed E-state index contributed by atoms with van der Waals surface area (Å²) >= 11 is 0. The van der Waals surface area contributed by atoms with Crippen LogP contribution in [-0.2, 0) is 32.8 Å². The summed E-state index contributed by atoms with van der Waals surface area (Å²) in [5.74, 6) is -0.415. The number of benzene rings is 3. The SMILES string of the molecule is CCN(Cc1ccccc1)Cc1cccc2c1C(S(=O)(=O)c1ccccc1)CS2(=O)=O.Cl. The molecule has 170 valence electrons. The van der Waals surface area contributed by atoms with Crippen molar-refractivity contribution in [2.45, 2.75) is 35.1 Å². The second-order valence-corrected chi connectivity index (χ2v) is 11.9. The molecule has 0 N–H and O–H groups in total. The second kappa shape index (κ2) is 9.75. The zero-order chi connectivity index (χ0) is 22.1. The molecule has 1 atom stereocenters. The van der Waals surface area contributed by atoms with Crippen molar-refractivity contribution in [3.05, 3.63) is 95.6 Å². The molecule has 5 nitrogen and oxygen atoms in total. The van der Waals surface area contributed by atoms with Crippen molar-refractivity contribution < 1.29 is 16.8 Å². The molecule has 0 saturated heterocycles. The first kappa shape index (κ1) is 24.5. The Hall–Kier alpha value is -2.19. The minimum absolute atomic E-state index is 0. The van der Waals surface area contributed by atoms with Crippen molar-refractivity contribution in [1.82, 2.24) is 4.90 Å². The Bertz CT molecular complexity index is 1280. The Kier molecular flexibility index (Phi) is 7.45. The van der Waals surface area contributed by atoms with E-state index in [1.165, 1.54) is 18.2 Å². The molecule has 0 spiro atoms. The number of nitrogens with zero attached hydrogens (tertiary/aromatic N) is 1. The molecule has 3 aromatic rings. The van der Waals surface area contributed by atoms with Crippen LogP contribution < -0.4 is 0 Å². The van der Waals surface area contributed by atoms with E-state index in [2.05, 4.69) is 4.90 Å². The maximum atomic E-state index is 13.4. The van der Waals surface area contributed by atoms with Gasteiger partial charge in [0.15, 0.2) is 19.7 Å². The highest BCUT2D eigenvalue weighted by Crippen LogP contribution is 2.43. The number of sulfone groups is 2. The molecule has 1 unspecified atom stereocenters. The summed E-state index contributed by atoms with van der Waals surface area (Å²) in [4.78, 5) is 2.47. The summed E-state index contributed by atoms with van der Waals surface area (Å²) in [5.41, 5.74) is 2.33. The molecule has 8 heteroatoms. The van der Waals surface area contributed by atoms with Gasteiger partial charge in [0, 0.05) is 13.1 Å². The van der Waals surface area contributed by atoms with Crippen molar-refractivity contribution >= 4 is 32.1 Å². The quantitative estimate of drug-likeness (QED) is 0.488. The molecule has 1 aliphatic heterocycles. The monoisotopic (exact) mass is 491 g/mol. The molecule has 1 aliphatic rings. The summed E-state index contributed by atoms with van der Waals surface area (Å²) in [6.45, 7) is 3.97. The highest BCUT2D eigenvalue weighted by molar-refractivity contribution is 7.96. The first-order valence-corrected chi connectivity index (χ1v) is 13.4. The largest absolute Gasteiger partial charge is 0.295 e. The van der Waals surface area contributed by atoms with Gasteiger partial charge in [0.1, 0.15) is 5.25 Å². The average molecular weight is 492 g/mol. The lowest BCUT2D eigenvalue weighted by Crippen LogP contribution is -2.24. The Morgan fingerprint density at radius 1 is 0.875 bits per heavy atom. The third-order valence-corrected chi connectivity index (χ3v) is 9.81. The Balaban J connectivity index is 0.00000289. The van der Waals surface area contributed by atoms with E-state index in [1.54, 1.807) is 24.3 Å². The van der Waals surface area contributed by atoms with Crippen molar-refractivity contribution in [1.29, 1.82) is 0 Å². The normalized spacial score (nSPS) is 17.0. The van der Waals surface area contributed by atoms with E-state index >= 15 is 0 Å². The topological polar surface area (TPSA) is 71.5 Å². The highest BCUT2D eigenvalue weighted by atomic mass is 35.5. The van der Waals surface area contributed by atoms with Crippen LogP contribution in [0.25, 0.3) is 0 Å². The fourth-order valence-corrected chi connectivity index (χ4v) is 8.54. The Morgan fingerprint density at radius 3 is 2.12 bits per heavy atom. The first-order chi connectivity index (χ1) is 14.8. The summed E-state index contributed by atoms with van der Waals surface area (Å²) in [6.07, 6.45) is 0. The van der Waals surface area contributed by atoms with Gasteiger partial charge in [-0.3, -0.25) is 4.90 Å². The van der Waals surface area contributed by atoms with Crippen LogP contribution in [0.1, 0.15) is 28.9 Å². The van der Waals surface area contributed by atoms with E-state index in [4.69, 9.17) is 0 Å². The molecule has 0 fully saturated rings. The molecule has 0 bridgehead atoms. The predicted molar refractivity (Wildman–Crippen MR) is 128 cm³/mol. The summed E-state index contributed by atoms with van der Waals surface area (Å²) < 4.78 is 52.5. The third-order valence-electron chi connectivity index (χ3n) is 5.72. The lowest BCUT2D eigenvalue weighted by atomic mass is 10.0. The maximum absolute atomic E-state index is 13.4. The average Bonchev–Trinajstić information content (AvgIpc) is 3.07. The molecule has 4 rings (SSSR count). The van der Waals surface area contributed by atoms with Gasteiger partial charge in [0.25, 0.3) is 0 Å². The van der Waals surface area contributed by atoms with E-state index in [0.29, 0.717) is 18.7 Å². The lowest BCUT2D eigenvalue weighted by Gasteiger charge is -2.23. The van der Waals surface area contributed by atoms with Gasteiger partial charge in [-0.25, -0.2) is 16.8 Å². The molecular formula is C24H26ClNO4S2.